The molecule has 1 fully saturated rings. The number of morpholine rings is 1. The van der Waals surface area contributed by atoms with Crippen LogP contribution in [-0.4, -0.2) is 51.5 Å². The van der Waals surface area contributed by atoms with E-state index in [0.717, 1.165) is 5.56 Å². The molecule has 0 spiro atoms. The van der Waals surface area contributed by atoms with Crippen LogP contribution in [0.2, 0.25) is 5.02 Å². The van der Waals surface area contributed by atoms with E-state index in [1.54, 1.807) is 31.2 Å². The van der Waals surface area contributed by atoms with Crippen molar-refractivity contribution in [2.45, 2.75) is 18.7 Å². The summed E-state index contributed by atoms with van der Waals surface area (Å²) >= 11 is 5.96. The minimum atomic E-state index is -3.58. The zero-order chi connectivity index (χ0) is 21.0. The molecule has 156 valence electrons. The summed E-state index contributed by atoms with van der Waals surface area (Å²) < 4.78 is 37.7. The lowest BCUT2D eigenvalue weighted by atomic mass is 10.2. The molecular formula is C20H23ClN2O5S. The summed E-state index contributed by atoms with van der Waals surface area (Å²) in [6.45, 7) is 4.85. The fourth-order valence-corrected chi connectivity index (χ4v) is 4.60. The molecule has 2 aromatic carbocycles. The Morgan fingerprint density at radius 3 is 2.55 bits per heavy atom. The Balaban J connectivity index is 1.64. The first-order valence-corrected chi connectivity index (χ1v) is 11.0. The molecule has 0 unspecified atom stereocenters. The fourth-order valence-electron chi connectivity index (χ4n) is 2.94. The number of carbonyl (C=O) groups excluding carboxylic acids is 1. The molecule has 7 nitrogen and oxygen atoms in total. The molecule has 0 bridgehead atoms. The molecule has 0 saturated carbocycles. The number of nitrogens with zero attached hydrogens (tertiary/aromatic N) is 1. The van der Waals surface area contributed by atoms with Crippen molar-refractivity contribution in [3.8, 4) is 5.75 Å². The maximum absolute atomic E-state index is 12.7. The average Bonchev–Trinajstić information content (AvgIpc) is 2.70. The number of benzene rings is 2. The van der Waals surface area contributed by atoms with Crippen LogP contribution in [0.15, 0.2) is 41.3 Å². The van der Waals surface area contributed by atoms with Crippen LogP contribution in [0, 0.1) is 13.8 Å². The van der Waals surface area contributed by atoms with Gasteiger partial charge < -0.3 is 14.8 Å². The molecule has 0 aromatic heterocycles. The number of amides is 1. The van der Waals surface area contributed by atoms with Gasteiger partial charge in [0, 0.05) is 23.8 Å². The highest BCUT2D eigenvalue weighted by Gasteiger charge is 2.26. The van der Waals surface area contributed by atoms with Gasteiger partial charge in [0.1, 0.15) is 5.75 Å². The number of ether oxygens (including phenoxy) is 2. The van der Waals surface area contributed by atoms with E-state index >= 15 is 0 Å². The van der Waals surface area contributed by atoms with Gasteiger partial charge in [0.15, 0.2) is 6.61 Å². The standard InChI is InChI=1S/C20H23ClN2O5S/c1-14-3-4-16(21)12-18(14)22-20(24)13-28-19-6-5-17(11-15(19)2)29(25,26)23-7-9-27-10-8-23/h3-6,11-12H,7-10,13H2,1-2H3,(H,22,24). The lowest BCUT2D eigenvalue weighted by molar-refractivity contribution is -0.118. The van der Waals surface area contributed by atoms with E-state index in [0.29, 0.717) is 48.3 Å². The van der Waals surface area contributed by atoms with Crippen LogP contribution in [0.3, 0.4) is 0 Å². The second-order valence-corrected chi connectivity index (χ2v) is 9.11. The van der Waals surface area contributed by atoms with Crippen LogP contribution in [0.4, 0.5) is 5.69 Å². The highest BCUT2D eigenvalue weighted by atomic mass is 35.5. The minimum Gasteiger partial charge on any atom is -0.483 e. The maximum atomic E-state index is 12.7. The van der Waals surface area contributed by atoms with Gasteiger partial charge in [0.05, 0.1) is 18.1 Å². The maximum Gasteiger partial charge on any atom is 0.262 e. The number of nitrogens with one attached hydrogen (secondary N) is 1. The summed E-state index contributed by atoms with van der Waals surface area (Å²) in [4.78, 5) is 12.4. The van der Waals surface area contributed by atoms with Crippen molar-refractivity contribution < 1.29 is 22.7 Å². The summed E-state index contributed by atoms with van der Waals surface area (Å²) in [5.74, 6) is 0.115. The third-order valence-corrected chi connectivity index (χ3v) is 6.72. The Labute approximate surface area is 175 Å². The van der Waals surface area contributed by atoms with Gasteiger partial charge >= 0.3 is 0 Å². The molecule has 1 amide bonds. The topological polar surface area (TPSA) is 84.9 Å². The number of anilines is 1. The van der Waals surface area contributed by atoms with E-state index in [4.69, 9.17) is 21.1 Å². The van der Waals surface area contributed by atoms with E-state index < -0.39 is 10.0 Å². The number of sulfonamides is 1. The first-order chi connectivity index (χ1) is 13.8. The molecule has 9 heteroatoms. The van der Waals surface area contributed by atoms with Crippen molar-refractivity contribution in [1.82, 2.24) is 4.31 Å². The molecule has 1 aliphatic rings. The lowest BCUT2D eigenvalue weighted by Gasteiger charge is -2.26. The summed E-state index contributed by atoms with van der Waals surface area (Å²) in [7, 11) is -3.58. The molecule has 1 saturated heterocycles. The molecule has 29 heavy (non-hydrogen) atoms. The summed E-state index contributed by atoms with van der Waals surface area (Å²) in [6, 6.07) is 9.85. The van der Waals surface area contributed by atoms with Gasteiger partial charge in [-0.25, -0.2) is 8.42 Å². The smallest absolute Gasteiger partial charge is 0.262 e. The van der Waals surface area contributed by atoms with Crippen LogP contribution in [0.5, 0.6) is 5.75 Å². The molecule has 3 rings (SSSR count). The number of hydrogen-bond donors (Lipinski definition) is 1. The predicted octanol–water partition coefficient (Wildman–Crippen LogP) is 3.00. The molecule has 0 radical (unpaired) electrons. The highest BCUT2D eigenvalue weighted by molar-refractivity contribution is 7.89. The van der Waals surface area contributed by atoms with Crippen molar-refractivity contribution in [3.05, 3.63) is 52.5 Å². The van der Waals surface area contributed by atoms with Crippen molar-refractivity contribution in [3.63, 3.8) is 0 Å². The Morgan fingerprint density at radius 1 is 1.14 bits per heavy atom. The van der Waals surface area contributed by atoms with Crippen LogP contribution >= 0.6 is 11.6 Å². The lowest BCUT2D eigenvalue weighted by Crippen LogP contribution is -2.40. The molecule has 1 N–H and O–H groups in total. The SMILES string of the molecule is Cc1ccc(Cl)cc1NC(=O)COc1ccc(S(=O)(=O)N2CCOCC2)cc1C. The first-order valence-electron chi connectivity index (χ1n) is 9.15. The summed E-state index contributed by atoms with van der Waals surface area (Å²) in [6.07, 6.45) is 0. The quantitative estimate of drug-likeness (QED) is 0.749. The normalized spacial score (nSPS) is 15.1. The van der Waals surface area contributed by atoms with Gasteiger partial charge in [-0.1, -0.05) is 17.7 Å². The Bertz CT molecular complexity index is 1000. The average molecular weight is 439 g/mol. The zero-order valence-electron chi connectivity index (χ0n) is 16.3. The largest absolute Gasteiger partial charge is 0.483 e. The van der Waals surface area contributed by atoms with E-state index in [1.807, 2.05) is 13.0 Å². The summed E-state index contributed by atoms with van der Waals surface area (Å²) in [5, 5.41) is 3.28. The van der Waals surface area contributed by atoms with Crippen LogP contribution in [0.1, 0.15) is 11.1 Å². The third kappa shape index (κ3) is 5.27. The monoisotopic (exact) mass is 438 g/mol. The first kappa shape index (κ1) is 21.6. The molecule has 0 atom stereocenters. The highest BCUT2D eigenvalue weighted by Crippen LogP contribution is 2.25. The molecular weight excluding hydrogens is 416 g/mol. The van der Waals surface area contributed by atoms with Crippen LogP contribution in [-0.2, 0) is 19.6 Å². The van der Waals surface area contributed by atoms with E-state index in [2.05, 4.69) is 5.32 Å². The van der Waals surface area contributed by atoms with Crippen LogP contribution in [0.25, 0.3) is 0 Å². The van der Waals surface area contributed by atoms with E-state index in [-0.39, 0.29) is 17.4 Å². The van der Waals surface area contributed by atoms with E-state index in [9.17, 15) is 13.2 Å². The minimum absolute atomic E-state index is 0.197. The molecule has 2 aromatic rings. The molecule has 0 aliphatic carbocycles. The zero-order valence-corrected chi connectivity index (χ0v) is 17.8. The van der Waals surface area contributed by atoms with Crippen molar-refractivity contribution in [2.24, 2.45) is 0 Å². The number of carbonyl (C=O) groups is 1. The Morgan fingerprint density at radius 2 is 1.86 bits per heavy atom. The number of rotatable bonds is 6. The molecule has 1 heterocycles. The van der Waals surface area contributed by atoms with Gasteiger partial charge in [-0.2, -0.15) is 4.31 Å². The van der Waals surface area contributed by atoms with Crippen LogP contribution < -0.4 is 10.1 Å². The van der Waals surface area contributed by atoms with Crippen molar-refractivity contribution >= 4 is 33.2 Å². The Hall–Kier alpha value is -2.13. The van der Waals surface area contributed by atoms with Gasteiger partial charge in [-0.15, -0.1) is 0 Å². The Kier molecular flexibility index (Phi) is 6.79. The fraction of sp³-hybridized carbons (Fsp3) is 0.350. The third-order valence-electron chi connectivity index (χ3n) is 4.59. The number of hydrogen-bond acceptors (Lipinski definition) is 5. The summed E-state index contributed by atoms with van der Waals surface area (Å²) in [5.41, 5.74) is 2.14. The van der Waals surface area contributed by atoms with Gasteiger partial charge in [0.2, 0.25) is 10.0 Å². The second kappa shape index (κ2) is 9.13. The van der Waals surface area contributed by atoms with Crippen molar-refractivity contribution in [2.75, 3.05) is 38.2 Å². The number of aryl methyl sites for hydroxylation is 2. The number of halogens is 1. The van der Waals surface area contributed by atoms with Crippen molar-refractivity contribution in [1.29, 1.82) is 0 Å². The van der Waals surface area contributed by atoms with Gasteiger partial charge in [-0.05, 0) is 55.3 Å². The molecule has 1 aliphatic heterocycles. The predicted molar refractivity (Wildman–Crippen MR) is 111 cm³/mol. The van der Waals surface area contributed by atoms with E-state index in [1.165, 1.54) is 10.4 Å². The second-order valence-electron chi connectivity index (χ2n) is 6.74. The van der Waals surface area contributed by atoms with Gasteiger partial charge in [-0.3, -0.25) is 4.79 Å². The van der Waals surface area contributed by atoms with Gasteiger partial charge in [0.25, 0.3) is 5.91 Å².